The Balaban J connectivity index is 2.80. The van der Waals surface area contributed by atoms with Gasteiger partial charge in [-0.05, 0) is 12.1 Å². The van der Waals surface area contributed by atoms with Crippen LogP contribution in [0.1, 0.15) is 12.5 Å². The Morgan fingerprint density at radius 2 is 1.75 bits per heavy atom. The second kappa shape index (κ2) is 6.29. The molecule has 0 amide bonds. The minimum atomic E-state index is -5.55. The molecule has 1 N–H and O–H groups in total. The number of nitrogens with one attached hydrogen (secondary N) is 1. The number of ether oxygens (including phenoxy) is 1. The maximum absolute atomic E-state index is 12.3. The lowest BCUT2D eigenvalue weighted by Gasteiger charge is -2.23. The van der Waals surface area contributed by atoms with Gasteiger partial charge in [0.05, 0.1) is 0 Å². The minimum Gasteiger partial charge on any atom is -0.455 e. The first kappa shape index (κ1) is 16.5. The standard InChI is InChI=1S/C11H12F6N2O/c1-2-18-5-7-3-4-8(19-6-7)20-9(10(12,13)14)11(15,16)17/h3-4,6,9,18H,2,5H2,1H3. The third-order valence-corrected chi connectivity index (χ3v) is 2.21. The molecule has 0 bridgehead atoms. The van der Waals surface area contributed by atoms with Crippen LogP contribution in [0.3, 0.4) is 0 Å². The lowest BCUT2D eigenvalue weighted by atomic mass is 10.3. The molecule has 0 saturated carbocycles. The van der Waals surface area contributed by atoms with Gasteiger partial charge in [0.1, 0.15) is 0 Å². The van der Waals surface area contributed by atoms with Crippen molar-refractivity contribution in [2.75, 3.05) is 6.54 Å². The van der Waals surface area contributed by atoms with Crippen molar-refractivity contribution in [1.29, 1.82) is 0 Å². The fraction of sp³-hybridized carbons (Fsp3) is 0.545. The molecule has 3 nitrogen and oxygen atoms in total. The van der Waals surface area contributed by atoms with E-state index in [0.29, 0.717) is 18.7 Å². The normalized spacial score (nSPS) is 12.8. The molecular weight excluding hydrogens is 290 g/mol. The molecule has 0 aliphatic rings. The fourth-order valence-corrected chi connectivity index (χ4v) is 1.29. The highest BCUT2D eigenvalue weighted by Gasteiger charge is 2.59. The molecule has 0 aliphatic carbocycles. The van der Waals surface area contributed by atoms with Crippen molar-refractivity contribution in [2.24, 2.45) is 0 Å². The average molecular weight is 302 g/mol. The van der Waals surface area contributed by atoms with Crippen molar-refractivity contribution in [1.82, 2.24) is 10.3 Å². The highest BCUT2D eigenvalue weighted by Crippen LogP contribution is 2.35. The van der Waals surface area contributed by atoms with Gasteiger partial charge in [0.15, 0.2) is 0 Å². The molecule has 0 atom stereocenters. The molecule has 1 heterocycles. The van der Waals surface area contributed by atoms with Crippen LogP contribution in [0.2, 0.25) is 0 Å². The topological polar surface area (TPSA) is 34.1 Å². The summed E-state index contributed by atoms with van der Waals surface area (Å²) in [7, 11) is 0. The fourth-order valence-electron chi connectivity index (χ4n) is 1.29. The maximum atomic E-state index is 12.3. The highest BCUT2D eigenvalue weighted by molar-refractivity contribution is 5.18. The van der Waals surface area contributed by atoms with Crippen LogP contribution < -0.4 is 10.1 Å². The number of rotatable bonds is 5. The highest BCUT2D eigenvalue weighted by atomic mass is 19.4. The zero-order valence-corrected chi connectivity index (χ0v) is 10.3. The number of alkyl halides is 6. The number of halogens is 6. The summed E-state index contributed by atoms with van der Waals surface area (Å²) >= 11 is 0. The van der Waals surface area contributed by atoms with Gasteiger partial charge < -0.3 is 10.1 Å². The van der Waals surface area contributed by atoms with Gasteiger partial charge in [0, 0.05) is 18.8 Å². The number of nitrogens with zero attached hydrogens (tertiary/aromatic N) is 1. The summed E-state index contributed by atoms with van der Waals surface area (Å²) in [6, 6.07) is 2.31. The summed E-state index contributed by atoms with van der Waals surface area (Å²) in [6.07, 6.45) is -13.8. The Hall–Kier alpha value is -1.51. The Labute approximate surface area is 110 Å². The maximum Gasteiger partial charge on any atom is 0.434 e. The lowest BCUT2D eigenvalue weighted by molar-refractivity contribution is -0.300. The van der Waals surface area contributed by atoms with Crippen LogP contribution in [0.15, 0.2) is 18.3 Å². The predicted octanol–water partition coefficient (Wildman–Crippen LogP) is 3.06. The molecule has 0 aliphatic heterocycles. The van der Waals surface area contributed by atoms with Gasteiger partial charge in [-0.25, -0.2) is 4.98 Å². The molecule has 20 heavy (non-hydrogen) atoms. The van der Waals surface area contributed by atoms with Crippen molar-refractivity contribution >= 4 is 0 Å². The Bertz CT molecular complexity index is 400. The quantitative estimate of drug-likeness (QED) is 0.849. The minimum absolute atomic E-state index is 0.408. The molecule has 9 heteroatoms. The van der Waals surface area contributed by atoms with E-state index in [9.17, 15) is 26.3 Å². The molecule has 0 aromatic carbocycles. The summed E-state index contributed by atoms with van der Waals surface area (Å²) in [4.78, 5) is 3.44. The second-order valence-corrected chi connectivity index (χ2v) is 3.87. The van der Waals surface area contributed by atoms with E-state index in [1.54, 1.807) is 0 Å². The van der Waals surface area contributed by atoms with Gasteiger partial charge in [-0.2, -0.15) is 26.3 Å². The van der Waals surface area contributed by atoms with Gasteiger partial charge in [-0.3, -0.25) is 0 Å². The third kappa shape index (κ3) is 4.87. The van der Waals surface area contributed by atoms with Crippen LogP contribution in [-0.2, 0) is 6.54 Å². The number of hydrogen-bond donors (Lipinski definition) is 1. The molecule has 0 unspecified atom stereocenters. The van der Waals surface area contributed by atoms with Gasteiger partial charge in [-0.15, -0.1) is 0 Å². The molecule has 1 aromatic heterocycles. The van der Waals surface area contributed by atoms with E-state index in [1.807, 2.05) is 6.92 Å². The zero-order chi connectivity index (χ0) is 15.4. The summed E-state index contributed by atoms with van der Waals surface area (Å²) < 4.78 is 77.5. The Morgan fingerprint density at radius 3 is 2.15 bits per heavy atom. The van der Waals surface area contributed by atoms with E-state index in [1.165, 1.54) is 6.07 Å². The van der Waals surface area contributed by atoms with E-state index < -0.39 is 24.3 Å². The summed E-state index contributed by atoms with van der Waals surface area (Å²) in [5.41, 5.74) is 0.620. The number of aromatic nitrogens is 1. The molecule has 0 saturated heterocycles. The summed E-state index contributed by atoms with van der Waals surface area (Å²) in [6.45, 7) is 2.93. The lowest BCUT2D eigenvalue weighted by Crippen LogP contribution is -2.46. The zero-order valence-electron chi connectivity index (χ0n) is 10.3. The molecule has 1 rings (SSSR count). The Kier molecular flexibility index (Phi) is 5.21. The second-order valence-electron chi connectivity index (χ2n) is 3.87. The average Bonchev–Trinajstić information content (AvgIpc) is 2.32. The van der Waals surface area contributed by atoms with Crippen molar-refractivity contribution in [2.45, 2.75) is 31.9 Å². The van der Waals surface area contributed by atoms with Crippen molar-refractivity contribution in [3.05, 3.63) is 23.9 Å². The first-order valence-corrected chi connectivity index (χ1v) is 5.60. The monoisotopic (exact) mass is 302 g/mol. The predicted molar refractivity (Wildman–Crippen MR) is 58.1 cm³/mol. The number of pyridine rings is 1. The van der Waals surface area contributed by atoms with Crippen LogP contribution in [0.5, 0.6) is 5.88 Å². The molecular formula is C11H12F6N2O. The van der Waals surface area contributed by atoms with Crippen LogP contribution >= 0.6 is 0 Å². The summed E-state index contributed by atoms with van der Waals surface area (Å²) in [5, 5.41) is 2.93. The van der Waals surface area contributed by atoms with Gasteiger partial charge in [0.2, 0.25) is 5.88 Å². The van der Waals surface area contributed by atoms with Gasteiger partial charge in [0.25, 0.3) is 6.10 Å². The Morgan fingerprint density at radius 1 is 1.15 bits per heavy atom. The first-order valence-electron chi connectivity index (χ1n) is 5.60. The van der Waals surface area contributed by atoms with E-state index in [0.717, 1.165) is 12.3 Å². The summed E-state index contributed by atoms with van der Waals surface area (Å²) in [5.74, 6) is -0.732. The third-order valence-electron chi connectivity index (χ3n) is 2.21. The van der Waals surface area contributed by atoms with E-state index in [-0.39, 0.29) is 0 Å². The molecule has 114 valence electrons. The van der Waals surface area contributed by atoms with Crippen LogP contribution in [0.25, 0.3) is 0 Å². The smallest absolute Gasteiger partial charge is 0.434 e. The number of hydrogen-bond acceptors (Lipinski definition) is 3. The first-order chi connectivity index (χ1) is 9.14. The van der Waals surface area contributed by atoms with Crippen molar-refractivity contribution in [3.8, 4) is 5.88 Å². The molecule has 0 fully saturated rings. The van der Waals surface area contributed by atoms with E-state index >= 15 is 0 Å². The molecule has 0 radical (unpaired) electrons. The van der Waals surface area contributed by atoms with E-state index in [4.69, 9.17) is 0 Å². The van der Waals surface area contributed by atoms with Crippen molar-refractivity contribution < 1.29 is 31.1 Å². The van der Waals surface area contributed by atoms with Crippen molar-refractivity contribution in [3.63, 3.8) is 0 Å². The SMILES string of the molecule is CCNCc1ccc(OC(C(F)(F)F)C(F)(F)F)nc1. The van der Waals surface area contributed by atoms with Crippen LogP contribution in [-0.4, -0.2) is 30.0 Å². The molecule has 1 aromatic rings. The largest absolute Gasteiger partial charge is 0.455 e. The van der Waals surface area contributed by atoms with Gasteiger partial charge in [-0.1, -0.05) is 13.0 Å². The van der Waals surface area contributed by atoms with E-state index in [2.05, 4.69) is 15.0 Å². The molecule has 0 spiro atoms. The van der Waals surface area contributed by atoms with Crippen LogP contribution in [0, 0.1) is 0 Å². The van der Waals surface area contributed by atoms with Gasteiger partial charge >= 0.3 is 12.4 Å². The van der Waals surface area contributed by atoms with Crippen LogP contribution in [0.4, 0.5) is 26.3 Å².